The van der Waals surface area contributed by atoms with Crippen LogP contribution < -0.4 is 0 Å². The fraction of sp³-hybridized carbons (Fsp3) is 0.529. The normalized spacial score (nSPS) is 27.7. The van der Waals surface area contributed by atoms with Gasteiger partial charge < -0.3 is 10.0 Å². The van der Waals surface area contributed by atoms with Gasteiger partial charge in [-0.2, -0.15) is 0 Å². The molecule has 3 atom stereocenters. The third kappa shape index (κ3) is 2.59. The summed E-state index contributed by atoms with van der Waals surface area (Å²) in [5.74, 6) is -0.502. The van der Waals surface area contributed by atoms with Crippen LogP contribution in [0.2, 0.25) is 0 Å². The van der Waals surface area contributed by atoms with Crippen molar-refractivity contribution in [3.8, 4) is 0 Å². The summed E-state index contributed by atoms with van der Waals surface area (Å²) in [6.07, 6.45) is 2.41. The molecule has 1 aliphatic heterocycles. The van der Waals surface area contributed by atoms with Crippen molar-refractivity contribution in [2.45, 2.75) is 31.1 Å². The summed E-state index contributed by atoms with van der Waals surface area (Å²) in [5, 5.41) is 9.64. The maximum absolute atomic E-state index is 12.9. The quantitative estimate of drug-likeness (QED) is 0.915. The zero-order chi connectivity index (χ0) is 16.6. The molecule has 3 rings (SSSR count). The van der Waals surface area contributed by atoms with Crippen molar-refractivity contribution in [2.75, 3.05) is 18.8 Å². The number of carbonyl (C=O) groups is 2. The van der Waals surface area contributed by atoms with Crippen molar-refractivity contribution in [3.05, 3.63) is 29.8 Å². The fourth-order valence-corrected chi connectivity index (χ4v) is 4.90. The molecule has 1 heterocycles. The van der Waals surface area contributed by atoms with Crippen molar-refractivity contribution < 1.29 is 18.9 Å². The summed E-state index contributed by atoms with van der Waals surface area (Å²) in [7, 11) is -1.21. The Morgan fingerprint density at radius 3 is 2.78 bits per heavy atom. The van der Waals surface area contributed by atoms with E-state index in [0.29, 0.717) is 29.2 Å². The number of fused-ring (bicyclic) bond motifs is 1. The Bertz CT molecular complexity index is 674. The van der Waals surface area contributed by atoms with Gasteiger partial charge in [0.15, 0.2) is 0 Å². The molecule has 1 aromatic carbocycles. The number of carboxylic acids is 1. The second-order valence-electron chi connectivity index (χ2n) is 6.37. The first-order chi connectivity index (χ1) is 11.0. The van der Waals surface area contributed by atoms with Gasteiger partial charge in [-0.3, -0.25) is 13.8 Å². The third-order valence-corrected chi connectivity index (χ3v) is 6.58. The fourth-order valence-electron chi connectivity index (χ4n) is 3.96. The average molecular weight is 335 g/mol. The maximum atomic E-state index is 12.9. The first-order valence-electron chi connectivity index (χ1n) is 7.99. The number of likely N-dealkylation sites (tertiary alicyclic amines) is 1. The van der Waals surface area contributed by atoms with E-state index in [4.69, 9.17) is 0 Å². The lowest BCUT2D eigenvalue weighted by atomic mass is 9.81. The summed E-state index contributed by atoms with van der Waals surface area (Å²) in [4.78, 5) is 26.8. The molecule has 1 amide bonds. The second kappa shape index (κ2) is 6.07. The molecule has 1 N–H and O–H groups in total. The van der Waals surface area contributed by atoms with E-state index in [1.807, 2.05) is 6.92 Å². The zero-order valence-corrected chi connectivity index (χ0v) is 14.0. The Kier molecular flexibility index (Phi) is 4.27. The Balaban J connectivity index is 1.89. The lowest BCUT2D eigenvalue weighted by Crippen LogP contribution is -2.37. The smallest absolute Gasteiger partial charge is 0.311 e. The molecule has 0 spiro atoms. The number of carboxylic acid groups (broad SMARTS) is 1. The molecule has 1 saturated carbocycles. The van der Waals surface area contributed by atoms with Gasteiger partial charge in [-0.25, -0.2) is 0 Å². The van der Waals surface area contributed by atoms with E-state index in [0.717, 1.165) is 12.8 Å². The minimum atomic E-state index is -1.21. The number of rotatable bonds is 4. The highest BCUT2D eigenvalue weighted by molar-refractivity contribution is 7.85. The molecule has 23 heavy (non-hydrogen) atoms. The lowest BCUT2D eigenvalue weighted by molar-refractivity contribution is -0.149. The minimum absolute atomic E-state index is 0.0350. The van der Waals surface area contributed by atoms with Crippen LogP contribution in [0.5, 0.6) is 0 Å². The Morgan fingerprint density at radius 2 is 2.13 bits per heavy atom. The van der Waals surface area contributed by atoms with Gasteiger partial charge in [-0.05, 0) is 30.9 Å². The van der Waals surface area contributed by atoms with E-state index in [1.54, 1.807) is 29.2 Å². The first-order valence-corrected chi connectivity index (χ1v) is 9.31. The van der Waals surface area contributed by atoms with Crippen molar-refractivity contribution >= 4 is 22.7 Å². The van der Waals surface area contributed by atoms with Gasteiger partial charge in [-0.1, -0.05) is 25.5 Å². The van der Waals surface area contributed by atoms with E-state index >= 15 is 0 Å². The Morgan fingerprint density at radius 1 is 1.39 bits per heavy atom. The van der Waals surface area contributed by atoms with Crippen molar-refractivity contribution in [1.29, 1.82) is 0 Å². The van der Waals surface area contributed by atoms with E-state index in [1.165, 1.54) is 0 Å². The molecule has 0 radical (unpaired) electrons. The summed E-state index contributed by atoms with van der Waals surface area (Å²) < 4.78 is 12.2. The molecule has 124 valence electrons. The highest BCUT2D eigenvalue weighted by Gasteiger charge is 2.55. The first kappa shape index (κ1) is 16.2. The highest BCUT2D eigenvalue weighted by Crippen LogP contribution is 2.49. The van der Waals surface area contributed by atoms with E-state index in [9.17, 15) is 18.9 Å². The number of nitrogens with zero attached hydrogens (tertiary/aromatic N) is 1. The van der Waals surface area contributed by atoms with Crippen LogP contribution in [0.15, 0.2) is 29.2 Å². The Labute approximate surface area is 138 Å². The predicted molar refractivity (Wildman–Crippen MR) is 86.7 cm³/mol. The number of amides is 1. The maximum Gasteiger partial charge on any atom is 0.311 e. The minimum Gasteiger partial charge on any atom is -0.481 e. The van der Waals surface area contributed by atoms with Crippen molar-refractivity contribution in [3.63, 3.8) is 0 Å². The van der Waals surface area contributed by atoms with E-state index in [-0.39, 0.29) is 18.4 Å². The SMILES string of the molecule is CCS(=O)c1ccccc1C(=O)N1C[C@@H]2CCC[C@@]2(C(=O)O)C1. The van der Waals surface area contributed by atoms with Crippen LogP contribution in [0.1, 0.15) is 36.5 Å². The van der Waals surface area contributed by atoms with Gasteiger partial charge in [0.05, 0.1) is 26.7 Å². The summed E-state index contributed by atoms with van der Waals surface area (Å²) in [6, 6.07) is 6.94. The monoisotopic (exact) mass is 335 g/mol. The predicted octanol–water partition coefficient (Wildman–Crippen LogP) is 2.14. The Hall–Kier alpha value is -1.69. The van der Waals surface area contributed by atoms with Gasteiger partial charge in [0, 0.05) is 18.8 Å². The number of hydrogen-bond donors (Lipinski definition) is 1. The van der Waals surface area contributed by atoms with E-state index < -0.39 is 22.2 Å². The molecule has 2 aliphatic rings. The van der Waals surface area contributed by atoms with E-state index in [2.05, 4.69) is 0 Å². The largest absolute Gasteiger partial charge is 0.481 e. The molecule has 6 heteroatoms. The topological polar surface area (TPSA) is 74.7 Å². The lowest BCUT2D eigenvalue weighted by Gasteiger charge is -2.23. The molecule has 5 nitrogen and oxygen atoms in total. The van der Waals surface area contributed by atoms with Gasteiger partial charge in [0.2, 0.25) is 0 Å². The summed E-state index contributed by atoms with van der Waals surface area (Å²) >= 11 is 0. The average Bonchev–Trinajstić information content (AvgIpc) is 3.11. The van der Waals surface area contributed by atoms with Crippen LogP contribution in [-0.2, 0) is 15.6 Å². The number of carbonyl (C=O) groups excluding carboxylic acids is 1. The van der Waals surface area contributed by atoms with Gasteiger partial charge >= 0.3 is 5.97 Å². The molecule has 0 aromatic heterocycles. The van der Waals surface area contributed by atoms with Gasteiger partial charge in [0.1, 0.15) is 0 Å². The molecule has 2 fully saturated rings. The highest BCUT2D eigenvalue weighted by atomic mass is 32.2. The van der Waals surface area contributed by atoms with Crippen LogP contribution in [0.4, 0.5) is 0 Å². The molecule has 1 aliphatic carbocycles. The van der Waals surface area contributed by atoms with Gasteiger partial charge in [-0.15, -0.1) is 0 Å². The molecule has 0 bridgehead atoms. The number of hydrogen-bond acceptors (Lipinski definition) is 3. The standard InChI is InChI=1S/C17H21NO4S/c1-2-23(22)14-8-4-3-7-13(14)15(19)18-10-12-6-5-9-17(12,11-18)16(20)21/h3-4,7-8,12H,2,5-6,9-11H2,1H3,(H,20,21)/t12-,17+,23?/m0/s1. The third-order valence-electron chi connectivity index (χ3n) is 5.21. The molecule has 1 saturated heterocycles. The molecule has 1 aromatic rings. The van der Waals surface area contributed by atoms with Crippen LogP contribution in [0, 0.1) is 11.3 Å². The van der Waals surface area contributed by atoms with Crippen LogP contribution in [-0.4, -0.2) is 44.9 Å². The van der Waals surface area contributed by atoms with Gasteiger partial charge in [0.25, 0.3) is 5.91 Å². The summed E-state index contributed by atoms with van der Waals surface area (Å²) in [6.45, 7) is 2.56. The molecular formula is C17H21NO4S. The van der Waals surface area contributed by atoms with Crippen LogP contribution >= 0.6 is 0 Å². The molecule has 1 unspecified atom stereocenters. The van der Waals surface area contributed by atoms with Crippen LogP contribution in [0.25, 0.3) is 0 Å². The number of benzene rings is 1. The summed E-state index contributed by atoms with van der Waals surface area (Å²) in [5.41, 5.74) is -0.345. The molecular weight excluding hydrogens is 314 g/mol. The second-order valence-corrected chi connectivity index (χ2v) is 8.07. The van der Waals surface area contributed by atoms with Crippen molar-refractivity contribution in [2.24, 2.45) is 11.3 Å². The number of aliphatic carboxylic acids is 1. The zero-order valence-electron chi connectivity index (χ0n) is 13.2. The van der Waals surface area contributed by atoms with Crippen molar-refractivity contribution in [1.82, 2.24) is 4.90 Å². The van der Waals surface area contributed by atoms with Crippen LogP contribution in [0.3, 0.4) is 0 Å².